The van der Waals surface area contributed by atoms with E-state index in [4.69, 9.17) is 4.74 Å². The first-order valence-corrected chi connectivity index (χ1v) is 12.1. The third-order valence-electron chi connectivity index (χ3n) is 7.14. The van der Waals surface area contributed by atoms with Crippen LogP contribution in [0.3, 0.4) is 0 Å². The van der Waals surface area contributed by atoms with E-state index in [9.17, 15) is 19.5 Å². The predicted octanol–water partition coefficient (Wildman–Crippen LogP) is 4.46. The lowest BCUT2D eigenvalue weighted by molar-refractivity contribution is -0.144. The molecule has 2 aromatic rings. The van der Waals surface area contributed by atoms with Crippen molar-refractivity contribution in [1.82, 2.24) is 10.6 Å². The summed E-state index contributed by atoms with van der Waals surface area (Å²) < 4.78 is 5.61. The van der Waals surface area contributed by atoms with Gasteiger partial charge in [0.2, 0.25) is 5.91 Å². The Balaban J connectivity index is 1.37. The van der Waals surface area contributed by atoms with Gasteiger partial charge < -0.3 is 20.5 Å². The molecule has 7 nitrogen and oxygen atoms in total. The first kappa shape index (κ1) is 23.8. The SMILES string of the molecule is CCC[C@H](NC(=O)C1(CNC(=O)OCC2c3ccccc3-c3ccccc32)CCCC1)C(=O)O. The van der Waals surface area contributed by atoms with Crippen LogP contribution in [0, 0.1) is 5.41 Å². The van der Waals surface area contributed by atoms with E-state index in [0.29, 0.717) is 25.7 Å². The highest BCUT2D eigenvalue weighted by molar-refractivity contribution is 5.88. The highest BCUT2D eigenvalue weighted by Gasteiger charge is 2.42. The molecule has 0 heterocycles. The van der Waals surface area contributed by atoms with Crippen LogP contribution in [0.2, 0.25) is 0 Å². The second kappa shape index (κ2) is 10.3. The first-order valence-electron chi connectivity index (χ1n) is 12.1. The normalized spacial score (nSPS) is 16.9. The van der Waals surface area contributed by atoms with Crippen molar-refractivity contribution < 1.29 is 24.2 Å². The molecule has 34 heavy (non-hydrogen) atoms. The van der Waals surface area contributed by atoms with Crippen LogP contribution in [0.4, 0.5) is 4.79 Å². The maximum Gasteiger partial charge on any atom is 0.407 e. The van der Waals surface area contributed by atoms with Gasteiger partial charge in [-0.1, -0.05) is 74.7 Å². The highest BCUT2D eigenvalue weighted by atomic mass is 16.5. The van der Waals surface area contributed by atoms with E-state index in [1.54, 1.807) is 0 Å². The molecule has 2 aliphatic carbocycles. The molecule has 0 aromatic heterocycles. The Morgan fingerprint density at radius 3 is 2.18 bits per heavy atom. The van der Waals surface area contributed by atoms with E-state index >= 15 is 0 Å². The minimum atomic E-state index is -1.03. The molecule has 1 fully saturated rings. The number of carbonyl (C=O) groups is 3. The van der Waals surface area contributed by atoms with E-state index in [0.717, 1.165) is 35.1 Å². The standard InChI is InChI=1S/C27H32N2O5/c1-2-9-23(24(30)31)29-25(32)27(14-7-8-15-27)17-28-26(33)34-16-22-20-12-5-3-10-18(20)19-11-4-6-13-21(19)22/h3-6,10-13,22-23H,2,7-9,14-17H2,1H3,(H,28,33)(H,29,32)(H,30,31)/t23-/m0/s1. The molecule has 2 aromatic carbocycles. The number of rotatable bonds is 9. The first-order chi connectivity index (χ1) is 16.4. The van der Waals surface area contributed by atoms with Crippen LogP contribution in [-0.2, 0) is 14.3 Å². The third kappa shape index (κ3) is 4.79. The Labute approximate surface area is 199 Å². The summed E-state index contributed by atoms with van der Waals surface area (Å²) in [7, 11) is 0. The maximum atomic E-state index is 13.0. The van der Waals surface area contributed by atoms with Gasteiger partial charge in [-0.15, -0.1) is 0 Å². The molecule has 180 valence electrons. The Morgan fingerprint density at radius 1 is 1.03 bits per heavy atom. The summed E-state index contributed by atoms with van der Waals surface area (Å²) in [5.41, 5.74) is 3.80. The van der Waals surface area contributed by atoms with Crippen LogP contribution in [0.25, 0.3) is 11.1 Å². The van der Waals surface area contributed by atoms with Crippen LogP contribution in [0.1, 0.15) is 62.5 Å². The number of carbonyl (C=O) groups excluding carboxylic acids is 2. The second-order valence-corrected chi connectivity index (χ2v) is 9.32. The number of alkyl carbamates (subject to hydrolysis) is 1. The molecular formula is C27H32N2O5. The Kier molecular flexibility index (Phi) is 7.20. The Hall–Kier alpha value is -3.35. The number of carboxylic acids is 1. The average molecular weight is 465 g/mol. The Bertz CT molecular complexity index is 1010. The number of amides is 2. The molecule has 2 amide bonds. The zero-order valence-corrected chi connectivity index (χ0v) is 19.5. The van der Waals surface area contributed by atoms with Crippen molar-refractivity contribution in [3.8, 4) is 11.1 Å². The summed E-state index contributed by atoms with van der Waals surface area (Å²) in [6, 6.07) is 15.4. The number of ether oxygens (including phenoxy) is 1. The van der Waals surface area contributed by atoms with Gasteiger partial charge in [0, 0.05) is 12.5 Å². The van der Waals surface area contributed by atoms with E-state index < -0.39 is 23.5 Å². The average Bonchev–Trinajstić information content (AvgIpc) is 3.45. The molecule has 0 spiro atoms. The van der Waals surface area contributed by atoms with Gasteiger partial charge >= 0.3 is 12.1 Å². The van der Waals surface area contributed by atoms with Gasteiger partial charge in [0.05, 0.1) is 5.41 Å². The number of hydrogen-bond acceptors (Lipinski definition) is 4. The van der Waals surface area contributed by atoms with Crippen molar-refractivity contribution in [3.63, 3.8) is 0 Å². The van der Waals surface area contributed by atoms with Crippen LogP contribution in [0.5, 0.6) is 0 Å². The number of nitrogens with one attached hydrogen (secondary N) is 2. The van der Waals surface area contributed by atoms with Gasteiger partial charge in [-0.3, -0.25) is 4.79 Å². The smallest absolute Gasteiger partial charge is 0.407 e. The lowest BCUT2D eigenvalue weighted by atomic mass is 9.84. The minimum Gasteiger partial charge on any atom is -0.480 e. The lowest BCUT2D eigenvalue weighted by Crippen LogP contribution is -2.51. The number of hydrogen-bond donors (Lipinski definition) is 3. The molecule has 0 aliphatic heterocycles. The van der Waals surface area contributed by atoms with Gasteiger partial charge in [0.15, 0.2) is 0 Å². The summed E-state index contributed by atoms with van der Waals surface area (Å²) in [6.45, 7) is 2.22. The molecule has 1 saturated carbocycles. The number of carboxylic acid groups (broad SMARTS) is 1. The van der Waals surface area contributed by atoms with Gasteiger partial charge in [0.25, 0.3) is 0 Å². The van der Waals surface area contributed by atoms with Gasteiger partial charge in [-0.25, -0.2) is 9.59 Å². The molecule has 0 unspecified atom stereocenters. The molecule has 7 heteroatoms. The van der Waals surface area contributed by atoms with Crippen LogP contribution in [0.15, 0.2) is 48.5 Å². The fourth-order valence-electron chi connectivity index (χ4n) is 5.28. The summed E-state index contributed by atoms with van der Waals surface area (Å²) in [4.78, 5) is 37.2. The molecule has 0 saturated heterocycles. The zero-order chi connectivity index (χ0) is 24.1. The molecule has 2 aliphatic rings. The maximum absolute atomic E-state index is 13.0. The van der Waals surface area contributed by atoms with Crippen molar-refractivity contribution in [2.75, 3.05) is 13.2 Å². The molecular weight excluding hydrogens is 432 g/mol. The predicted molar refractivity (Wildman–Crippen MR) is 128 cm³/mol. The molecule has 1 atom stereocenters. The van der Waals surface area contributed by atoms with Crippen molar-refractivity contribution in [1.29, 1.82) is 0 Å². The van der Waals surface area contributed by atoms with Crippen LogP contribution in [-0.4, -0.2) is 42.3 Å². The van der Waals surface area contributed by atoms with E-state index in [-0.39, 0.29) is 25.0 Å². The molecule has 4 rings (SSSR count). The topological polar surface area (TPSA) is 105 Å². The minimum absolute atomic E-state index is 0.0349. The number of fused-ring (bicyclic) bond motifs is 3. The van der Waals surface area contributed by atoms with Crippen LogP contribution >= 0.6 is 0 Å². The molecule has 0 radical (unpaired) electrons. The zero-order valence-electron chi connectivity index (χ0n) is 19.5. The quantitative estimate of drug-likeness (QED) is 0.508. The summed E-state index contributed by atoms with van der Waals surface area (Å²) in [5, 5.41) is 14.9. The van der Waals surface area contributed by atoms with Crippen molar-refractivity contribution in [2.24, 2.45) is 5.41 Å². The summed E-state index contributed by atoms with van der Waals surface area (Å²) in [6.07, 6.45) is 3.42. The van der Waals surface area contributed by atoms with Crippen molar-refractivity contribution >= 4 is 18.0 Å². The highest BCUT2D eigenvalue weighted by Crippen LogP contribution is 2.44. The monoisotopic (exact) mass is 464 g/mol. The summed E-state index contributed by atoms with van der Waals surface area (Å²) in [5.74, 6) is -1.37. The van der Waals surface area contributed by atoms with E-state index in [1.807, 2.05) is 31.2 Å². The van der Waals surface area contributed by atoms with Crippen molar-refractivity contribution in [2.45, 2.75) is 57.4 Å². The Morgan fingerprint density at radius 2 is 1.62 bits per heavy atom. The van der Waals surface area contributed by atoms with Crippen molar-refractivity contribution in [3.05, 3.63) is 59.7 Å². The third-order valence-corrected chi connectivity index (χ3v) is 7.14. The van der Waals surface area contributed by atoms with Gasteiger partial charge in [0.1, 0.15) is 12.6 Å². The van der Waals surface area contributed by atoms with Crippen LogP contribution < -0.4 is 10.6 Å². The van der Waals surface area contributed by atoms with Gasteiger partial charge in [-0.2, -0.15) is 0 Å². The molecule has 0 bridgehead atoms. The largest absolute Gasteiger partial charge is 0.480 e. The number of aliphatic carboxylic acids is 1. The fourth-order valence-corrected chi connectivity index (χ4v) is 5.28. The number of benzene rings is 2. The van der Waals surface area contributed by atoms with E-state index in [1.165, 1.54) is 0 Å². The fraction of sp³-hybridized carbons (Fsp3) is 0.444. The second-order valence-electron chi connectivity index (χ2n) is 9.32. The van der Waals surface area contributed by atoms with Gasteiger partial charge in [-0.05, 0) is 41.5 Å². The molecule has 3 N–H and O–H groups in total. The van der Waals surface area contributed by atoms with E-state index in [2.05, 4.69) is 34.9 Å². The lowest BCUT2D eigenvalue weighted by Gasteiger charge is -2.29. The summed E-state index contributed by atoms with van der Waals surface area (Å²) >= 11 is 0.